The first-order valence-corrected chi connectivity index (χ1v) is 10.9. The number of allylic oxidation sites excluding steroid dienone is 2. The molecule has 3 heteroatoms. The second kappa shape index (κ2) is 6.24. The molecule has 0 aromatic carbocycles. The molecule has 0 saturated heterocycles. The highest BCUT2D eigenvalue weighted by Gasteiger charge is 2.61. The lowest BCUT2D eigenvalue weighted by Gasteiger charge is -2.62. The zero-order valence-electron chi connectivity index (χ0n) is 17.3. The number of hydrogen-bond donors (Lipinski definition) is 2. The van der Waals surface area contributed by atoms with E-state index >= 15 is 0 Å². The van der Waals surface area contributed by atoms with Gasteiger partial charge >= 0.3 is 0 Å². The smallest absolute Gasteiger partial charge is 0.0882 e. The van der Waals surface area contributed by atoms with Crippen LogP contribution in [0.3, 0.4) is 0 Å². The van der Waals surface area contributed by atoms with Crippen molar-refractivity contribution in [3.8, 4) is 0 Å². The number of ether oxygens (including phenoxy) is 1. The topological polar surface area (TPSA) is 55.5 Å². The molecule has 0 heterocycles. The molecule has 4 aliphatic carbocycles. The summed E-state index contributed by atoms with van der Waals surface area (Å²) < 4.78 is 5.33. The number of methoxy groups -OCH3 is 1. The van der Waals surface area contributed by atoms with E-state index < -0.39 is 5.60 Å². The van der Waals surface area contributed by atoms with E-state index in [1.165, 1.54) is 44.9 Å². The van der Waals surface area contributed by atoms with Crippen molar-refractivity contribution >= 4 is 0 Å². The normalized spacial score (nSPS) is 52.8. The average Bonchev–Trinajstić information content (AvgIpc) is 2.93. The molecule has 4 rings (SSSR count). The fourth-order valence-electron chi connectivity index (χ4n) is 8.39. The monoisotopic (exact) mass is 361 g/mol. The lowest BCUT2D eigenvalue weighted by Crippen LogP contribution is -2.56. The van der Waals surface area contributed by atoms with Crippen molar-refractivity contribution in [2.75, 3.05) is 13.7 Å². The molecule has 0 radical (unpaired) electrons. The highest BCUT2D eigenvalue weighted by molar-refractivity contribution is 5.28. The molecule has 26 heavy (non-hydrogen) atoms. The highest BCUT2D eigenvalue weighted by atomic mass is 16.5. The molecule has 0 aliphatic heterocycles. The number of fused-ring (bicyclic) bond motifs is 5. The van der Waals surface area contributed by atoms with Gasteiger partial charge in [0.15, 0.2) is 0 Å². The van der Waals surface area contributed by atoms with Crippen LogP contribution < -0.4 is 5.73 Å². The predicted octanol–water partition coefficient (Wildman–Crippen LogP) is 4.64. The molecule has 3 nitrogen and oxygen atoms in total. The number of aliphatic hydroxyl groups is 1. The minimum absolute atomic E-state index is 0.336. The van der Waals surface area contributed by atoms with Gasteiger partial charge in [-0.3, -0.25) is 0 Å². The molecule has 3 N–H and O–H groups in total. The van der Waals surface area contributed by atoms with Crippen LogP contribution in [0.15, 0.2) is 11.3 Å². The number of nitrogens with two attached hydrogens (primary N) is 1. The Hall–Kier alpha value is -0.540. The molecule has 0 amide bonds. The maximum atomic E-state index is 10.9. The fourth-order valence-corrected chi connectivity index (χ4v) is 8.39. The zero-order chi connectivity index (χ0) is 18.7. The van der Waals surface area contributed by atoms with Crippen LogP contribution in [0.5, 0.6) is 0 Å². The van der Waals surface area contributed by atoms with Gasteiger partial charge in [-0.05, 0) is 105 Å². The van der Waals surface area contributed by atoms with Crippen LogP contribution in [0, 0.1) is 34.5 Å². The first-order valence-electron chi connectivity index (χ1n) is 10.9. The van der Waals surface area contributed by atoms with E-state index in [2.05, 4.69) is 20.8 Å². The van der Waals surface area contributed by atoms with Gasteiger partial charge < -0.3 is 15.6 Å². The Bertz CT molecular complexity index is 597. The third-order valence-corrected chi connectivity index (χ3v) is 9.41. The van der Waals surface area contributed by atoms with E-state index in [4.69, 9.17) is 10.5 Å². The molecular weight excluding hydrogens is 322 g/mol. The van der Waals surface area contributed by atoms with Gasteiger partial charge in [0.25, 0.3) is 0 Å². The van der Waals surface area contributed by atoms with Crippen molar-refractivity contribution in [3.05, 3.63) is 11.3 Å². The minimum atomic E-state index is -0.577. The molecule has 0 aromatic rings. The summed E-state index contributed by atoms with van der Waals surface area (Å²) in [5.41, 5.74) is 9.19. The van der Waals surface area contributed by atoms with Gasteiger partial charge in [0.05, 0.1) is 12.2 Å². The Labute approximate surface area is 159 Å². The SMILES string of the molecule is COC[C@@]1(O)CC[C@H]2[C@H](CC[C@]3(C)[C@@H]2CC[C@]2(C)/C(=C(\C)N)CC[C@@H]32)C1. The molecule has 4 fully saturated rings. The van der Waals surface area contributed by atoms with E-state index in [0.717, 1.165) is 36.3 Å². The van der Waals surface area contributed by atoms with Gasteiger partial charge in [-0.2, -0.15) is 0 Å². The van der Waals surface area contributed by atoms with Crippen LogP contribution in [0.25, 0.3) is 0 Å². The summed E-state index contributed by atoms with van der Waals surface area (Å²) in [5.74, 6) is 3.13. The van der Waals surface area contributed by atoms with Gasteiger partial charge in [-0.15, -0.1) is 0 Å². The predicted molar refractivity (Wildman–Crippen MR) is 105 cm³/mol. The lowest BCUT2D eigenvalue weighted by molar-refractivity contribution is -0.148. The van der Waals surface area contributed by atoms with E-state index in [0.29, 0.717) is 23.4 Å². The van der Waals surface area contributed by atoms with Crippen LogP contribution in [-0.2, 0) is 4.74 Å². The Morgan fingerprint density at radius 1 is 1.15 bits per heavy atom. The summed E-state index contributed by atoms with van der Waals surface area (Å²) in [6, 6.07) is 0. The average molecular weight is 362 g/mol. The van der Waals surface area contributed by atoms with E-state index in [1.54, 1.807) is 12.7 Å². The number of hydrogen-bond acceptors (Lipinski definition) is 3. The summed E-state index contributed by atoms with van der Waals surface area (Å²) in [5, 5.41) is 10.9. The second-order valence-corrected chi connectivity index (χ2v) is 10.7. The quantitative estimate of drug-likeness (QED) is 0.753. The summed E-state index contributed by atoms with van der Waals surface area (Å²) in [4.78, 5) is 0. The van der Waals surface area contributed by atoms with Gasteiger partial charge in [0.1, 0.15) is 0 Å². The molecule has 148 valence electrons. The molecule has 7 atom stereocenters. The van der Waals surface area contributed by atoms with Crippen molar-refractivity contribution in [3.63, 3.8) is 0 Å². The van der Waals surface area contributed by atoms with Gasteiger partial charge in [-0.25, -0.2) is 0 Å². The molecule has 0 spiro atoms. The Balaban J connectivity index is 1.59. The Morgan fingerprint density at radius 3 is 2.62 bits per heavy atom. The molecule has 0 aromatic heterocycles. The summed E-state index contributed by atoms with van der Waals surface area (Å²) in [6.07, 6.45) is 10.9. The zero-order valence-corrected chi connectivity index (χ0v) is 17.3. The van der Waals surface area contributed by atoms with Crippen LogP contribution >= 0.6 is 0 Å². The van der Waals surface area contributed by atoms with Gasteiger partial charge in [0.2, 0.25) is 0 Å². The molecule has 4 aliphatic rings. The van der Waals surface area contributed by atoms with Crippen molar-refractivity contribution in [1.29, 1.82) is 0 Å². The maximum absolute atomic E-state index is 10.9. The fraction of sp³-hybridized carbons (Fsp3) is 0.913. The minimum Gasteiger partial charge on any atom is -0.402 e. The number of rotatable bonds is 2. The van der Waals surface area contributed by atoms with Crippen molar-refractivity contribution in [2.45, 2.75) is 84.2 Å². The third kappa shape index (κ3) is 2.60. The summed E-state index contributed by atoms with van der Waals surface area (Å²) >= 11 is 0. The van der Waals surface area contributed by atoms with E-state index in [1.807, 2.05) is 0 Å². The Morgan fingerprint density at radius 2 is 1.92 bits per heavy atom. The Kier molecular flexibility index (Phi) is 4.51. The van der Waals surface area contributed by atoms with Crippen LogP contribution in [0.4, 0.5) is 0 Å². The molecule has 0 unspecified atom stereocenters. The van der Waals surface area contributed by atoms with Crippen molar-refractivity contribution < 1.29 is 9.84 Å². The third-order valence-electron chi connectivity index (χ3n) is 9.41. The summed E-state index contributed by atoms with van der Waals surface area (Å²) in [7, 11) is 1.72. The summed E-state index contributed by atoms with van der Waals surface area (Å²) in [6.45, 7) is 7.75. The molecule has 0 bridgehead atoms. The van der Waals surface area contributed by atoms with Crippen molar-refractivity contribution in [1.82, 2.24) is 0 Å². The second-order valence-electron chi connectivity index (χ2n) is 10.7. The van der Waals surface area contributed by atoms with E-state index in [9.17, 15) is 5.11 Å². The van der Waals surface area contributed by atoms with Crippen molar-refractivity contribution in [2.24, 2.45) is 40.2 Å². The largest absolute Gasteiger partial charge is 0.402 e. The highest BCUT2D eigenvalue weighted by Crippen LogP contribution is 2.69. The first-order chi connectivity index (χ1) is 12.2. The first kappa shape index (κ1) is 18.8. The standard InChI is InChI=1S/C23H39NO2/c1-15(24)18-5-6-20-21(18,2)11-9-19-17-8-12-23(25,14-26-4)13-16(17)7-10-22(19,20)3/h16-17,19-20,25H,5-14,24H2,1-4H3/b18-15+/t16-,17+,19-,20-,21-,22-,23-/m1/s1. The van der Waals surface area contributed by atoms with Gasteiger partial charge in [-0.1, -0.05) is 13.8 Å². The van der Waals surface area contributed by atoms with Crippen LogP contribution in [0.2, 0.25) is 0 Å². The maximum Gasteiger partial charge on any atom is 0.0882 e. The molecular formula is C23H39NO2. The lowest BCUT2D eigenvalue weighted by atomic mass is 9.43. The molecule has 4 saturated carbocycles. The van der Waals surface area contributed by atoms with Gasteiger partial charge in [0, 0.05) is 12.8 Å². The van der Waals surface area contributed by atoms with Crippen LogP contribution in [-0.4, -0.2) is 24.4 Å². The van der Waals surface area contributed by atoms with Crippen LogP contribution in [0.1, 0.15) is 78.6 Å². The van der Waals surface area contributed by atoms with E-state index in [-0.39, 0.29) is 0 Å².